The fourth-order valence-electron chi connectivity index (χ4n) is 2.02. The molecule has 3 N–H and O–H groups in total. The quantitative estimate of drug-likeness (QED) is 0.723. The van der Waals surface area contributed by atoms with Crippen LogP contribution >= 0.6 is 11.3 Å². The number of aromatic nitrogens is 1. The second-order valence-electron chi connectivity index (χ2n) is 5.03. The van der Waals surface area contributed by atoms with Crippen molar-refractivity contribution in [3.05, 3.63) is 45.9 Å². The van der Waals surface area contributed by atoms with Crippen LogP contribution < -0.4 is 15.4 Å². The molecule has 23 heavy (non-hydrogen) atoms. The Labute approximate surface area is 139 Å². The molecule has 0 aliphatic rings. The first kappa shape index (κ1) is 17.2. The van der Waals surface area contributed by atoms with Crippen LogP contribution in [0.4, 0.5) is 4.79 Å². The predicted octanol–water partition coefficient (Wildman–Crippen LogP) is 2.04. The number of nitrogens with one attached hydrogen (secondary N) is 2. The Hall–Kier alpha value is -2.12. The van der Waals surface area contributed by atoms with Crippen LogP contribution in [-0.2, 0) is 6.42 Å². The molecule has 0 saturated heterocycles. The summed E-state index contributed by atoms with van der Waals surface area (Å²) in [5, 5.41) is 18.5. The zero-order valence-corrected chi connectivity index (χ0v) is 14.0. The highest BCUT2D eigenvalue weighted by Crippen LogP contribution is 2.16. The van der Waals surface area contributed by atoms with E-state index in [-0.39, 0.29) is 12.6 Å². The van der Waals surface area contributed by atoms with Gasteiger partial charge in [0.2, 0.25) is 0 Å². The average Bonchev–Trinajstić information content (AvgIpc) is 2.98. The van der Waals surface area contributed by atoms with Crippen LogP contribution in [0.15, 0.2) is 29.6 Å². The first-order chi connectivity index (χ1) is 11.1. The Kier molecular flexibility index (Phi) is 6.37. The fraction of sp³-hybridized carbons (Fsp3) is 0.375. The lowest BCUT2D eigenvalue weighted by Gasteiger charge is -2.13. The van der Waals surface area contributed by atoms with Crippen molar-refractivity contribution in [3.63, 3.8) is 0 Å². The van der Waals surface area contributed by atoms with Gasteiger partial charge in [-0.1, -0.05) is 12.1 Å². The standard InChI is InChI=1S/C16H21N3O3S/c1-11-19-13(10-23-11)7-8-17-16(21)18-9-15(20)12-3-5-14(22-2)6-4-12/h3-6,10,15,20H,7-9H2,1-2H3,(H2,17,18,21)/t15-/m1/s1. The van der Waals surface area contributed by atoms with E-state index in [0.29, 0.717) is 13.0 Å². The highest BCUT2D eigenvalue weighted by molar-refractivity contribution is 7.09. The van der Waals surface area contributed by atoms with Gasteiger partial charge in [-0.3, -0.25) is 0 Å². The maximum Gasteiger partial charge on any atom is 0.314 e. The maximum absolute atomic E-state index is 11.7. The zero-order chi connectivity index (χ0) is 16.7. The van der Waals surface area contributed by atoms with Crippen molar-refractivity contribution in [2.45, 2.75) is 19.4 Å². The van der Waals surface area contributed by atoms with Crippen molar-refractivity contribution in [1.82, 2.24) is 15.6 Å². The third kappa shape index (κ3) is 5.54. The number of hydrogen-bond acceptors (Lipinski definition) is 5. The molecule has 7 heteroatoms. The predicted molar refractivity (Wildman–Crippen MR) is 89.9 cm³/mol. The van der Waals surface area contributed by atoms with E-state index in [9.17, 15) is 9.90 Å². The minimum Gasteiger partial charge on any atom is -0.497 e. The molecule has 124 valence electrons. The van der Waals surface area contributed by atoms with Gasteiger partial charge in [0.15, 0.2) is 0 Å². The number of benzene rings is 1. The lowest BCUT2D eigenvalue weighted by molar-refractivity contribution is 0.173. The summed E-state index contributed by atoms with van der Waals surface area (Å²) in [6.07, 6.45) is -0.0634. The molecule has 0 unspecified atom stereocenters. The van der Waals surface area contributed by atoms with Gasteiger partial charge >= 0.3 is 6.03 Å². The van der Waals surface area contributed by atoms with Gasteiger partial charge in [-0.25, -0.2) is 9.78 Å². The summed E-state index contributed by atoms with van der Waals surface area (Å²) in [6.45, 7) is 2.61. The number of hydrogen-bond donors (Lipinski definition) is 3. The van der Waals surface area contributed by atoms with Crippen molar-refractivity contribution >= 4 is 17.4 Å². The van der Waals surface area contributed by atoms with E-state index in [0.717, 1.165) is 22.0 Å². The summed E-state index contributed by atoms with van der Waals surface area (Å²) in [7, 11) is 1.59. The number of carbonyl (C=O) groups excluding carboxylic acids is 1. The van der Waals surface area contributed by atoms with Crippen LogP contribution in [-0.4, -0.2) is 36.3 Å². The molecule has 0 spiro atoms. The van der Waals surface area contributed by atoms with Crippen molar-refractivity contribution in [2.24, 2.45) is 0 Å². The fourth-order valence-corrected chi connectivity index (χ4v) is 2.67. The number of carbonyl (C=O) groups is 1. The van der Waals surface area contributed by atoms with E-state index in [1.54, 1.807) is 42.7 Å². The van der Waals surface area contributed by atoms with E-state index < -0.39 is 6.10 Å². The molecule has 0 bridgehead atoms. The summed E-state index contributed by atoms with van der Waals surface area (Å²) in [4.78, 5) is 16.0. The second-order valence-corrected chi connectivity index (χ2v) is 6.10. The average molecular weight is 335 g/mol. The number of ether oxygens (including phenoxy) is 1. The number of rotatable bonds is 7. The number of amides is 2. The van der Waals surface area contributed by atoms with E-state index in [2.05, 4.69) is 15.6 Å². The van der Waals surface area contributed by atoms with E-state index in [4.69, 9.17) is 4.74 Å². The third-order valence-corrected chi connectivity index (χ3v) is 4.11. The van der Waals surface area contributed by atoms with Gasteiger partial charge in [0.1, 0.15) is 5.75 Å². The summed E-state index contributed by atoms with van der Waals surface area (Å²) >= 11 is 1.60. The summed E-state index contributed by atoms with van der Waals surface area (Å²) in [5.74, 6) is 0.726. The van der Waals surface area contributed by atoms with Gasteiger partial charge in [0.05, 0.1) is 23.9 Å². The Morgan fingerprint density at radius 1 is 1.35 bits per heavy atom. The summed E-state index contributed by atoms with van der Waals surface area (Å²) < 4.78 is 5.06. The first-order valence-corrected chi connectivity index (χ1v) is 8.21. The van der Waals surface area contributed by atoms with Crippen LogP contribution in [0, 0.1) is 6.92 Å². The Balaban J connectivity index is 1.68. The normalized spacial score (nSPS) is 11.8. The van der Waals surface area contributed by atoms with Crippen LogP contribution in [0.1, 0.15) is 22.4 Å². The van der Waals surface area contributed by atoms with Gasteiger partial charge < -0.3 is 20.5 Å². The Bertz CT molecular complexity index is 628. The van der Waals surface area contributed by atoms with Crippen LogP contribution in [0.5, 0.6) is 5.75 Å². The number of methoxy groups -OCH3 is 1. The summed E-state index contributed by atoms with van der Waals surface area (Å²) in [6, 6.07) is 6.79. The number of aliphatic hydroxyl groups excluding tert-OH is 1. The lowest BCUT2D eigenvalue weighted by Crippen LogP contribution is -2.38. The van der Waals surface area contributed by atoms with Crippen LogP contribution in [0.2, 0.25) is 0 Å². The second kappa shape index (κ2) is 8.50. The Morgan fingerprint density at radius 3 is 2.70 bits per heavy atom. The minimum atomic E-state index is -0.757. The molecule has 1 aromatic heterocycles. The van der Waals surface area contributed by atoms with E-state index in [1.165, 1.54) is 0 Å². The lowest BCUT2D eigenvalue weighted by atomic mass is 10.1. The number of urea groups is 1. The van der Waals surface area contributed by atoms with Gasteiger partial charge in [-0.05, 0) is 24.6 Å². The zero-order valence-electron chi connectivity index (χ0n) is 13.2. The molecule has 1 aromatic carbocycles. The molecule has 2 aromatic rings. The van der Waals surface area contributed by atoms with Crippen LogP contribution in [0.25, 0.3) is 0 Å². The van der Waals surface area contributed by atoms with Crippen molar-refractivity contribution < 1.29 is 14.6 Å². The highest BCUT2D eigenvalue weighted by Gasteiger charge is 2.09. The Morgan fingerprint density at radius 2 is 2.09 bits per heavy atom. The molecule has 0 radical (unpaired) electrons. The highest BCUT2D eigenvalue weighted by atomic mass is 32.1. The van der Waals surface area contributed by atoms with Crippen molar-refractivity contribution in [2.75, 3.05) is 20.2 Å². The molecule has 0 saturated carbocycles. The molecular formula is C16H21N3O3S. The molecule has 2 rings (SSSR count). The SMILES string of the molecule is COc1ccc([C@H](O)CNC(=O)NCCc2csc(C)n2)cc1. The summed E-state index contributed by atoms with van der Waals surface area (Å²) in [5.41, 5.74) is 1.70. The molecule has 1 atom stereocenters. The number of thiazole rings is 1. The molecule has 1 heterocycles. The van der Waals surface area contributed by atoms with E-state index >= 15 is 0 Å². The minimum absolute atomic E-state index is 0.147. The molecule has 0 fully saturated rings. The van der Waals surface area contributed by atoms with Gasteiger partial charge in [-0.2, -0.15) is 0 Å². The van der Waals surface area contributed by atoms with Gasteiger partial charge in [0, 0.05) is 24.9 Å². The molecule has 6 nitrogen and oxygen atoms in total. The maximum atomic E-state index is 11.7. The van der Waals surface area contributed by atoms with Crippen LogP contribution in [0.3, 0.4) is 0 Å². The molecular weight excluding hydrogens is 314 g/mol. The first-order valence-electron chi connectivity index (χ1n) is 7.33. The topological polar surface area (TPSA) is 83.5 Å². The number of aliphatic hydroxyl groups is 1. The number of nitrogens with zero attached hydrogens (tertiary/aromatic N) is 1. The van der Waals surface area contributed by atoms with Crippen molar-refractivity contribution in [1.29, 1.82) is 0 Å². The smallest absolute Gasteiger partial charge is 0.314 e. The molecule has 0 aliphatic heterocycles. The molecule has 0 aliphatic carbocycles. The van der Waals surface area contributed by atoms with Crippen molar-refractivity contribution in [3.8, 4) is 5.75 Å². The van der Waals surface area contributed by atoms with E-state index in [1.807, 2.05) is 12.3 Å². The van der Waals surface area contributed by atoms with Gasteiger partial charge in [-0.15, -0.1) is 11.3 Å². The molecule has 2 amide bonds. The number of aryl methyl sites for hydroxylation is 1. The third-order valence-electron chi connectivity index (χ3n) is 3.29. The van der Waals surface area contributed by atoms with Gasteiger partial charge in [0.25, 0.3) is 0 Å². The monoisotopic (exact) mass is 335 g/mol. The largest absolute Gasteiger partial charge is 0.497 e.